The molecular formula is C22H15Cl2N3O3. The van der Waals surface area contributed by atoms with Crippen molar-refractivity contribution in [2.45, 2.75) is 12.6 Å². The normalized spacial score (nSPS) is 18.1. The van der Waals surface area contributed by atoms with E-state index in [4.69, 9.17) is 23.2 Å². The van der Waals surface area contributed by atoms with Crippen LogP contribution >= 0.6 is 23.2 Å². The molecule has 1 amide bonds. The number of rotatable bonds is 4. The molecule has 6 nitrogen and oxygen atoms in total. The third-order valence-electron chi connectivity index (χ3n) is 4.86. The molecule has 0 saturated carbocycles. The van der Waals surface area contributed by atoms with Crippen LogP contribution in [0.2, 0.25) is 10.0 Å². The minimum Gasteiger partial charge on any atom is -0.507 e. The number of nitrogens with zero attached hydrogens (tertiary/aromatic N) is 3. The van der Waals surface area contributed by atoms with Gasteiger partial charge in [-0.1, -0.05) is 29.3 Å². The second kappa shape index (κ2) is 8.26. The van der Waals surface area contributed by atoms with Crippen molar-refractivity contribution < 1.29 is 14.7 Å². The Bertz CT molecular complexity index is 1150. The van der Waals surface area contributed by atoms with Crippen molar-refractivity contribution in [3.05, 3.63) is 99.6 Å². The summed E-state index contributed by atoms with van der Waals surface area (Å²) in [6.07, 6.45) is 6.21. The van der Waals surface area contributed by atoms with E-state index in [-0.39, 0.29) is 22.9 Å². The summed E-state index contributed by atoms with van der Waals surface area (Å²) in [4.78, 5) is 35.2. The molecule has 0 aliphatic carbocycles. The third kappa shape index (κ3) is 3.67. The summed E-state index contributed by atoms with van der Waals surface area (Å²) in [6.45, 7) is 0.158. The fraction of sp³-hybridized carbons (Fsp3) is 0.0909. The Hall–Kier alpha value is -3.22. The van der Waals surface area contributed by atoms with Crippen molar-refractivity contribution in [2.75, 3.05) is 0 Å². The number of benzene rings is 1. The van der Waals surface area contributed by atoms with Crippen LogP contribution in [0.15, 0.2) is 72.8 Å². The summed E-state index contributed by atoms with van der Waals surface area (Å²) < 4.78 is 0. The summed E-state index contributed by atoms with van der Waals surface area (Å²) in [6, 6.07) is 10.7. The van der Waals surface area contributed by atoms with Crippen LogP contribution in [0, 0.1) is 0 Å². The summed E-state index contributed by atoms with van der Waals surface area (Å²) in [5.41, 5.74) is 1.73. The van der Waals surface area contributed by atoms with Crippen LogP contribution in [0.4, 0.5) is 0 Å². The lowest BCUT2D eigenvalue weighted by Crippen LogP contribution is -2.29. The quantitative estimate of drug-likeness (QED) is 0.369. The fourth-order valence-electron chi connectivity index (χ4n) is 3.42. The average molecular weight is 440 g/mol. The van der Waals surface area contributed by atoms with Crippen molar-refractivity contribution in [1.29, 1.82) is 0 Å². The van der Waals surface area contributed by atoms with Crippen LogP contribution in [-0.2, 0) is 16.1 Å². The van der Waals surface area contributed by atoms with Gasteiger partial charge in [0.15, 0.2) is 0 Å². The zero-order chi connectivity index (χ0) is 21.3. The van der Waals surface area contributed by atoms with E-state index in [1.54, 1.807) is 54.9 Å². The number of pyridine rings is 2. The molecule has 1 atom stereocenters. The molecule has 0 bridgehead atoms. The van der Waals surface area contributed by atoms with Crippen LogP contribution in [0.3, 0.4) is 0 Å². The van der Waals surface area contributed by atoms with Crippen molar-refractivity contribution >= 4 is 40.7 Å². The van der Waals surface area contributed by atoms with Gasteiger partial charge in [0.05, 0.1) is 21.7 Å². The minimum atomic E-state index is -0.832. The number of amides is 1. The molecule has 1 fully saturated rings. The first-order chi connectivity index (χ1) is 14.5. The second-order valence-corrected chi connectivity index (χ2v) is 7.51. The van der Waals surface area contributed by atoms with Crippen molar-refractivity contribution in [2.24, 2.45) is 0 Å². The number of ketones is 1. The predicted molar refractivity (Wildman–Crippen MR) is 113 cm³/mol. The Balaban J connectivity index is 1.88. The monoisotopic (exact) mass is 439 g/mol. The van der Waals surface area contributed by atoms with Gasteiger partial charge in [-0.3, -0.25) is 19.6 Å². The number of aromatic nitrogens is 2. The van der Waals surface area contributed by atoms with E-state index < -0.39 is 17.7 Å². The van der Waals surface area contributed by atoms with Gasteiger partial charge in [0.2, 0.25) is 0 Å². The first-order valence-electron chi connectivity index (χ1n) is 9.00. The number of aliphatic hydroxyl groups is 1. The highest BCUT2D eigenvalue weighted by Gasteiger charge is 2.46. The standard InChI is InChI=1S/C22H15Cl2N3O3/c23-16-2-1-15(11-17(16)24)19-18(20(28)14-5-9-26-10-6-14)21(29)22(30)27(19)12-13-3-7-25-8-4-13/h1-11,19,28H,12H2/b20-18-. The summed E-state index contributed by atoms with van der Waals surface area (Å²) in [5, 5.41) is 11.6. The van der Waals surface area contributed by atoms with Gasteiger partial charge < -0.3 is 10.0 Å². The van der Waals surface area contributed by atoms with Crippen LogP contribution < -0.4 is 0 Å². The Morgan fingerprint density at radius 1 is 0.933 bits per heavy atom. The highest BCUT2D eigenvalue weighted by molar-refractivity contribution is 6.46. The van der Waals surface area contributed by atoms with Gasteiger partial charge in [0.25, 0.3) is 11.7 Å². The molecule has 1 unspecified atom stereocenters. The van der Waals surface area contributed by atoms with E-state index in [0.717, 1.165) is 5.56 Å². The molecule has 150 valence electrons. The molecule has 2 aromatic heterocycles. The summed E-state index contributed by atoms with van der Waals surface area (Å²) in [5.74, 6) is -1.75. The van der Waals surface area contributed by atoms with Crippen LogP contribution in [0.5, 0.6) is 0 Å². The van der Waals surface area contributed by atoms with E-state index in [1.165, 1.54) is 17.3 Å². The number of likely N-dealkylation sites (tertiary alicyclic amines) is 1. The topological polar surface area (TPSA) is 83.4 Å². The van der Waals surface area contributed by atoms with Crippen molar-refractivity contribution in [1.82, 2.24) is 14.9 Å². The zero-order valence-electron chi connectivity index (χ0n) is 15.5. The third-order valence-corrected chi connectivity index (χ3v) is 5.59. The van der Waals surface area contributed by atoms with Crippen LogP contribution in [-0.4, -0.2) is 31.7 Å². The molecule has 8 heteroatoms. The van der Waals surface area contributed by atoms with E-state index in [9.17, 15) is 14.7 Å². The molecule has 1 saturated heterocycles. The predicted octanol–water partition coefficient (Wildman–Crippen LogP) is 4.41. The molecule has 0 radical (unpaired) electrons. The summed E-state index contributed by atoms with van der Waals surface area (Å²) >= 11 is 12.3. The molecule has 1 aliphatic heterocycles. The maximum Gasteiger partial charge on any atom is 0.295 e. The lowest BCUT2D eigenvalue weighted by molar-refractivity contribution is -0.140. The van der Waals surface area contributed by atoms with Crippen LogP contribution in [0.25, 0.3) is 5.76 Å². The van der Waals surface area contributed by atoms with E-state index in [2.05, 4.69) is 9.97 Å². The minimum absolute atomic E-state index is 0.0151. The Kier molecular flexibility index (Phi) is 5.53. The number of hydrogen-bond acceptors (Lipinski definition) is 5. The van der Waals surface area contributed by atoms with Gasteiger partial charge in [-0.25, -0.2) is 0 Å². The molecule has 30 heavy (non-hydrogen) atoms. The highest BCUT2D eigenvalue weighted by Crippen LogP contribution is 2.41. The average Bonchev–Trinajstić information content (AvgIpc) is 3.01. The molecule has 3 aromatic rings. The smallest absolute Gasteiger partial charge is 0.295 e. The lowest BCUT2D eigenvalue weighted by atomic mass is 9.95. The van der Waals surface area contributed by atoms with Gasteiger partial charge in [0, 0.05) is 36.9 Å². The van der Waals surface area contributed by atoms with Crippen LogP contribution in [0.1, 0.15) is 22.7 Å². The maximum atomic E-state index is 13.0. The Labute approximate surface area is 182 Å². The van der Waals surface area contributed by atoms with Gasteiger partial charge >= 0.3 is 0 Å². The van der Waals surface area contributed by atoms with Gasteiger partial charge in [0.1, 0.15) is 5.76 Å². The second-order valence-electron chi connectivity index (χ2n) is 6.69. The largest absolute Gasteiger partial charge is 0.507 e. The van der Waals surface area contributed by atoms with E-state index >= 15 is 0 Å². The fourth-order valence-corrected chi connectivity index (χ4v) is 3.73. The van der Waals surface area contributed by atoms with Gasteiger partial charge in [-0.05, 0) is 47.5 Å². The van der Waals surface area contributed by atoms with Gasteiger partial charge in [-0.2, -0.15) is 0 Å². The van der Waals surface area contributed by atoms with Crippen molar-refractivity contribution in [3.8, 4) is 0 Å². The molecule has 1 N–H and O–H groups in total. The Morgan fingerprint density at radius 2 is 1.57 bits per heavy atom. The highest BCUT2D eigenvalue weighted by atomic mass is 35.5. The molecule has 1 aliphatic rings. The van der Waals surface area contributed by atoms with Crippen molar-refractivity contribution in [3.63, 3.8) is 0 Å². The molecule has 3 heterocycles. The number of carbonyl (C=O) groups excluding carboxylic acids is 2. The molecule has 4 rings (SSSR count). The Morgan fingerprint density at radius 3 is 2.20 bits per heavy atom. The van der Waals surface area contributed by atoms with E-state index in [0.29, 0.717) is 16.1 Å². The molecule has 0 spiro atoms. The molecular weight excluding hydrogens is 425 g/mol. The SMILES string of the molecule is O=C1C(=O)N(Cc2ccncc2)C(c2ccc(Cl)c(Cl)c2)/C1=C(/O)c1ccncc1. The molecule has 1 aromatic carbocycles. The summed E-state index contributed by atoms with van der Waals surface area (Å²) in [7, 11) is 0. The number of aliphatic hydroxyl groups excluding tert-OH is 1. The first-order valence-corrected chi connectivity index (χ1v) is 9.75. The van der Waals surface area contributed by atoms with Gasteiger partial charge in [-0.15, -0.1) is 0 Å². The first kappa shape index (κ1) is 20.1. The lowest BCUT2D eigenvalue weighted by Gasteiger charge is -2.25. The number of carbonyl (C=O) groups is 2. The number of halogens is 2. The number of hydrogen-bond donors (Lipinski definition) is 1. The maximum absolute atomic E-state index is 13.0. The van der Waals surface area contributed by atoms with E-state index in [1.807, 2.05) is 0 Å². The zero-order valence-corrected chi connectivity index (χ0v) is 17.0. The number of Topliss-reactive ketones (excluding diaryl/α,β-unsaturated/α-hetero) is 1.